The molecule has 3 fully saturated rings. The number of carbonyl (C=O) groups excluding carboxylic acids is 3. The van der Waals surface area contributed by atoms with Crippen LogP contribution in [0.2, 0.25) is 0 Å². The van der Waals surface area contributed by atoms with Crippen molar-refractivity contribution in [2.75, 3.05) is 0 Å². The lowest BCUT2D eigenvalue weighted by molar-refractivity contribution is -0.171. The van der Waals surface area contributed by atoms with Gasteiger partial charge in [0.25, 0.3) is 0 Å². The van der Waals surface area contributed by atoms with Gasteiger partial charge in [0, 0.05) is 29.7 Å². The number of carbonyl (C=O) groups is 3. The molecule has 3 aliphatic rings. The fraction of sp³-hybridized carbons (Fsp3) is 0.682. The van der Waals surface area contributed by atoms with E-state index in [1.807, 2.05) is 0 Å². The highest BCUT2D eigenvalue weighted by atomic mass is 16.6. The van der Waals surface area contributed by atoms with Crippen LogP contribution < -0.4 is 0 Å². The number of rotatable bonds is 3. The maximum Gasteiger partial charge on any atom is 0.351 e. The van der Waals surface area contributed by atoms with Crippen molar-refractivity contribution in [3.8, 4) is 0 Å². The number of allylic oxidation sites excluding steroid dienone is 1. The van der Waals surface area contributed by atoms with Crippen LogP contribution in [0.3, 0.4) is 0 Å². The maximum absolute atomic E-state index is 12.8. The van der Waals surface area contributed by atoms with Gasteiger partial charge in [-0.1, -0.05) is 25.2 Å². The van der Waals surface area contributed by atoms with Crippen LogP contribution in [0, 0.1) is 17.3 Å². The van der Waals surface area contributed by atoms with Crippen molar-refractivity contribution in [1.82, 2.24) is 0 Å². The molecule has 0 bridgehead atoms. The summed E-state index contributed by atoms with van der Waals surface area (Å²) in [6, 6.07) is 0. The van der Waals surface area contributed by atoms with Gasteiger partial charge in [-0.15, -0.1) is 0 Å². The number of fused-ring (bicyclic) bond motifs is 3. The normalized spacial score (nSPS) is 40.2. The molecule has 1 saturated heterocycles. The van der Waals surface area contributed by atoms with Gasteiger partial charge in [-0.2, -0.15) is 0 Å². The first-order chi connectivity index (χ1) is 13.0. The predicted octanol–water partition coefficient (Wildman–Crippen LogP) is 3.49. The van der Waals surface area contributed by atoms with Gasteiger partial charge in [0.05, 0.1) is 0 Å². The molecule has 1 heterocycles. The summed E-state index contributed by atoms with van der Waals surface area (Å²) in [6.07, 6.45) is 3.82. The van der Waals surface area contributed by atoms with E-state index < -0.39 is 23.6 Å². The standard InChI is InChI=1S/C22H30O6/c1-7-12(2)19(24)28-22(6)15-10-11-21(5)16(26-14(4)23)9-8-13(3)17(21)18(15)27-20(22)25/h7,15-18H,3,8-11H2,1-2,4-6H3/b12-7-/t15-,16-,17-,18-,21+,22+/m1/s1. The predicted molar refractivity (Wildman–Crippen MR) is 102 cm³/mol. The Kier molecular flexibility index (Phi) is 5.19. The molecule has 3 rings (SSSR count). The molecule has 0 spiro atoms. The molecule has 2 aliphatic carbocycles. The zero-order valence-corrected chi connectivity index (χ0v) is 17.4. The van der Waals surface area contributed by atoms with Gasteiger partial charge in [-0.05, 0) is 46.5 Å². The molecule has 0 unspecified atom stereocenters. The quantitative estimate of drug-likeness (QED) is 0.318. The molecule has 6 atom stereocenters. The summed E-state index contributed by atoms with van der Waals surface area (Å²) in [6.45, 7) is 12.8. The van der Waals surface area contributed by atoms with Crippen LogP contribution >= 0.6 is 0 Å². The Morgan fingerprint density at radius 1 is 1.25 bits per heavy atom. The van der Waals surface area contributed by atoms with Crippen LogP contribution in [0.4, 0.5) is 0 Å². The molecule has 2 saturated carbocycles. The van der Waals surface area contributed by atoms with Crippen LogP contribution in [0.1, 0.15) is 60.3 Å². The SMILES string of the molecule is C=C1CC[C@@H](OC(C)=O)[C@]2(C)CC[C@@H]3[C@@H](OC(=O)[C@@]3(C)OC(=O)/C(C)=C\C)[C@@H]12. The van der Waals surface area contributed by atoms with Crippen molar-refractivity contribution in [1.29, 1.82) is 0 Å². The molecule has 28 heavy (non-hydrogen) atoms. The van der Waals surface area contributed by atoms with E-state index in [9.17, 15) is 14.4 Å². The van der Waals surface area contributed by atoms with E-state index in [0.717, 1.165) is 18.4 Å². The zero-order chi connectivity index (χ0) is 20.9. The van der Waals surface area contributed by atoms with Crippen molar-refractivity contribution < 1.29 is 28.6 Å². The number of hydrogen-bond donors (Lipinski definition) is 0. The van der Waals surface area contributed by atoms with Crippen LogP contribution in [0.25, 0.3) is 0 Å². The first-order valence-corrected chi connectivity index (χ1v) is 9.96. The van der Waals surface area contributed by atoms with Gasteiger partial charge >= 0.3 is 17.9 Å². The van der Waals surface area contributed by atoms with Crippen LogP contribution in [-0.4, -0.2) is 35.7 Å². The minimum Gasteiger partial charge on any atom is -0.462 e. The average molecular weight is 390 g/mol. The molecular weight excluding hydrogens is 360 g/mol. The first kappa shape index (κ1) is 20.6. The minimum atomic E-state index is -1.32. The largest absolute Gasteiger partial charge is 0.462 e. The Morgan fingerprint density at radius 2 is 1.93 bits per heavy atom. The third-order valence-electron chi connectivity index (χ3n) is 7.06. The van der Waals surface area contributed by atoms with E-state index in [-0.39, 0.29) is 29.3 Å². The van der Waals surface area contributed by atoms with Gasteiger partial charge in [0.1, 0.15) is 12.2 Å². The third-order valence-corrected chi connectivity index (χ3v) is 7.06. The topological polar surface area (TPSA) is 78.9 Å². The zero-order valence-electron chi connectivity index (χ0n) is 17.4. The average Bonchev–Trinajstić information content (AvgIpc) is 2.86. The lowest BCUT2D eigenvalue weighted by Gasteiger charge is -2.54. The summed E-state index contributed by atoms with van der Waals surface area (Å²) in [4.78, 5) is 36.8. The number of ether oxygens (including phenoxy) is 3. The summed E-state index contributed by atoms with van der Waals surface area (Å²) in [5.74, 6) is -1.69. The smallest absolute Gasteiger partial charge is 0.351 e. The fourth-order valence-corrected chi connectivity index (χ4v) is 5.29. The lowest BCUT2D eigenvalue weighted by Crippen LogP contribution is -2.56. The highest BCUT2D eigenvalue weighted by Gasteiger charge is 2.66. The molecule has 1 aliphatic heterocycles. The number of esters is 3. The van der Waals surface area contributed by atoms with Crippen molar-refractivity contribution >= 4 is 17.9 Å². The highest BCUT2D eigenvalue weighted by Crippen LogP contribution is 2.59. The van der Waals surface area contributed by atoms with Crippen molar-refractivity contribution in [3.63, 3.8) is 0 Å². The molecule has 0 aromatic heterocycles. The second kappa shape index (κ2) is 7.05. The lowest BCUT2D eigenvalue weighted by atomic mass is 9.53. The van der Waals surface area contributed by atoms with Gasteiger partial charge in [-0.3, -0.25) is 4.79 Å². The minimum absolute atomic E-state index is 0.128. The summed E-state index contributed by atoms with van der Waals surface area (Å²) in [7, 11) is 0. The Hall–Kier alpha value is -2.11. The molecule has 154 valence electrons. The van der Waals surface area contributed by atoms with E-state index in [1.54, 1.807) is 26.8 Å². The molecule has 0 aromatic rings. The molecule has 0 amide bonds. The third kappa shape index (κ3) is 3.07. The van der Waals surface area contributed by atoms with E-state index >= 15 is 0 Å². The monoisotopic (exact) mass is 390 g/mol. The second-order valence-corrected chi connectivity index (χ2v) is 8.76. The summed E-state index contributed by atoms with van der Waals surface area (Å²) in [5, 5.41) is 0. The summed E-state index contributed by atoms with van der Waals surface area (Å²) < 4.78 is 17.1. The van der Waals surface area contributed by atoms with Gasteiger partial charge < -0.3 is 14.2 Å². The molecule has 0 N–H and O–H groups in total. The van der Waals surface area contributed by atoms with Gasteiger partial charge in [0.2, 0.25) is 5.60 Å². The van der Waals surface area contributed by atoms with Crippen molar-refractivity contribution in [2.24, 2.45) is 17.3 Å². The molecule has 6 nitrogen and oxygen atoms in total. The van der Waals surface area contributed by atoms with E-state index in [4.69, 9.17) is 14.2 Å². The Balaban J connectivity index is 1.92. The van der Waals surface area contributed by atoms with Crippen LogP contribution in [-0.2, 0) is 28.6 Å². The second-order valence-electron chi connectivity index (χ2n) is 8.76. The van der Waals surface area contributed by atoms with Crippen LogP contribution in [0.5, 0.6) is 0 Å². The van der Waals surface area contributed by atoms with Crippen molar-refractivity contribution in [2.45, 2.75) is 78.1 Å². The first-order valence-electron chi connectivity index (χ1n) is 9.96. The van der Waals surface area contributed by atoms with Gasteiger partial charge in [-0.25, -0.2) is 9.59 Å². The molecular formula is C22H30O6. The highest BCUT2D eigenvalue weighted by molar-refractivity contribution is 5.92. The Morgan fingerprint density at radius 3 is 2.54 bits per heavy atom. The van der Waals surface area contributed by atoms with E-state index in [0.29, 0.717) is 18.4 Å². The summed E-state index contributed by atoms with van der Waals surface area (Å²) >= 11 is 0. The Labute approximate surface area is 166 Å². The summed E-state index contributed by atoms with van der Waals surface area (Å²) in [5.41, 5.74) is -0.206. The van der Waals surface area contributed by atoms with Crippen LogP contribution in [0.15, 0.2) is 23.8 Å². The fourth-order valence-electron chi connectivity index (χ4n) is 5.29. The maximum atomic E-state index is 12.8. The molecule has 6 heteroatoms. The Bertz CT molecular complexity index is 752. The van der Waals surface area contributed by atoms with Gasteiger partial charge in [0.15, 0.2) is 0 Å². The van der Waals surface area contributed by atoms with Crippen molar-refractivity contribution in [3.05, 3.63) is 23.8 Å². The molecule has 0 aromatic carbocycles. The number of hydrogen-bond acceptors (Lipinski definition) is 6. The van der Waals surface area contributed by atoms with E-state index in [2.05, 4.69) is 13.5 Å². The molecule has 0 radical (unpaired) electrons. The van der Waals surface area contributed by atoms with E-state index in [1.165, 1.54) is 6.92 Å².